The number of para-hydroxylation sites is 1. The maximum Gasteiger partial charge on any atom is 0.258 e. The van der Waals surface area contributed by atoms with E-state index in [2.05, 4.69) is 5.32 Å². The molecule has 0 fully saturated rings. The van der Waals surface area contributed by atoms with Crippen molar-refractivity contribution in [2.24, 2.45) is 0 Å². The summed E-state index contributed by atoms with van der Waals surface area (Å²) in [4.78, 5) is 26.1. The minimum atomic E-state index is -0.393. The van der Waals surface area contributed by atoms with Crippen molar-refractivity contribution in [3.63, 3.8) is 0 Å². The smallest absolute Gasteiger partial charge is 0.258 e. The molecule has 0 bridgehead atoms. The zero-order valence-electron chi connectivity index (χ0n) is 16.1. The fraction of sp³-hybridized carbons (Fsp3) is 0.0833. The van der Waals surface area contributed by atoms with E-state index in [1.54, 1.807) is 48.5 Å². The van der Waals surface area contributed by atoms with Gasteiger partial charge in [0.1, 0.15) is 11.3 Å². The predicted molar refractivity (Wildman–Crippen MR) is 114 cm³/mol. The quantitative estimate of drug-likeness (QED) is 0.535. The van der Waals surface area contributed by atoms with Crippen LogP contribution in [-0.4, -0.2) is 13.0 Å². The maximum atomic E-state index is 13.2. The Bertz CT molecular complexity index is 1260. The van der Waals surface area contributed by atoms with Crippen molar-refractivity contribution in [2.75, 3.05) is 12.4 Å². The Labute approximate surface area is 167 Å². The lowest BCUT2D eigenvalue weighted by molar-refractivity contribution is 0.102. The highest BCUT2D eigenvalue weighted by Gasteiger charge is 2.19. The largest absolute Gasteiger partial charge is 0.497 e. The molecule has 1 aromatic heterocycles. The van der Waals surface area contributed by atoms with Crippen molar-refractivity contribution in [3.8, 4) is 16.9 Å². The second-order valence-corrected chi connectivity index (χ2v) is 6.68. The second-order valence-electron chi connectivity index (χ2n) is 6.68. The van der Waals surface area contributed by atoms with Crippen LogP contribution in [0.3, 0.4) is 0 Å². The Morgan fingerprint density at radius 3 is 2.48 bits per heavy atom. The molecule has 1 N–H and O–H groups in total. The molecule has 0 atom stereocenters. The van der Waals surface area contributed by atoms with E-state index < -0.39 is 5.91 Å². The second kappa shape index (κ2) is 7.64. The van der Waals surface area contributed by atoms with Crippen LogP contribution in [0.1, 0.15) is 15.9 Å². The topological polar surface area (TPSA) is 68.5 Å². The summed E-state index contributed by atoms with van der Waals surface area (Å²) >= 11 is 0. The van der Waals surface area contributed by atoms with E-state index in [1.807, 2.05) is 31.2 Å². The lowest BCUT2D eigenvalue weighted by Gasteiger charge is -2.12. The molecule has 144 valence electrons. The van der Waals surface area contributed by atoms with Gasteiger partial charge in [-0.3, -0.25) is 14.9 Å². The van der Waals surface area contributed by atoms with Crippen LogP contribution >= 0.6 is 0 Å². The summed E-state index contributed by atoms with van der Waals surface area (Å²) in [6, 6.07) is 21.3. The maximum absolute atomic E-state index is 13.2. The first-order valence-corrected chi connectivity index (χ1v) is 9.15. The molecule has 5 nitrogen and oxygen atoms in total. The van der Waals surface area contributed by atoms with Crippen LogP contribution in [0, 0.1) is 6.92 Å². The average molecular weight is 385 g/mol. The van der Waals surface area contributed by atoms with Crippen LogP contribution in [0.15, 0.2) is 82.0 Å². The minimum absolute atomic E-state index is 0.116. The van der Waals surface area contributed by atoms with Crippen molar-refractivity contribution in [1.29, 1.82) is 0 Å². The number of rotatable bonds is 4. The predicted octanol–water partition coefficient (Wildman–Crippen LogP) is 5.03. The minimum Gasteiger partial charge on any atom is -0.497 e. The molecule has 3 aromatic carbocycles. The Hall–Kier alpha value is -3.86. The number of fused-ring (bicyclic) bond motifs is 1. The number of hydrogen-bond donors (Lipinski definition) is 1. The normalized spacial score (nSPS) is 10.7. The number of methoxy groups -OCH3 is 1. The average Bonchev–Trinajstić information content (AvgIpc) is 2.75. The molecule has 1 amide bonds. The number of aryl methyl sites for hydroxylation is 1. The van der Waals surface area contributed by atoms with Gasteiger partial charge in [-0.25, -0.2) is 0 Å². The Morgan fingerprint density at radius 1 is 0.966 bits per heavy atom. The fourth-order valence-electron chi connectivity index (χ4n) is 3.15. The van der Waals surface area contributed by atoms with Crippen molar-refractivity contribution < 1.29 is 13.9 Å². The SMILES string of the molecule is COc1cccc(C(=O)Nc2oc3ccccc3c(=O)c2-c2ccc(C)cc2)c1. The highest BCUT2D eigenvalue weighted by atomic mass is 16.5. The number of ether oxygens (including phenoxy) is 1. The molecule has 1 heterocycles. The van der Waals surface area contributed by atoms with Crippen LogP contribution in [0.4, 0.5) is 5.88 Å². The van der Waals surface area contributed by atoms with Gasteiger partial charge in [0.25, 0.3) is 5.91 Å². The number of amides is 1. The molecular weight excluding hydrogens is 366 g/mol. The summed E-state index contributed by atoms with van der Waals surface area (Å²) in [5.41, 5.74) is 2.68. The van der Waals surface area contributed by atoms with Gasteiger partial charge in [0.2, 0.25) is 11.3 Å². The van der Waals surface area contributed by atoms with Crippen molar-refractivity contribution in [1.82, 2.24) is 0 Å². The zero-order valence-corrected chi connectivity index (χ0v) is 16.1. The van der Waals surface area contributed by atoms with Crippen LogP contribution < -0.4 is 15.5 Å². The van der Waals surface area contributed by atoms with E-state index >= 15 is 0 Å². The van der Waals surface area contributed by atoms with Gasteiger partial charge in [0.15, 0.2) is 0 Å². The molecule has 0 saturated carbocycles. The summed E-state index contributed by atoms with van der Waals surface area (Å²) in [5.74, 6) is 0.289. The highest BCUT2D eigenvalue weighted by Crippen LogP contribution is 2.29. The first-order chi connectivity index (χ1) is 14.1. The van der Waals surface area contributed by atoms with Crippen LogP contribution in [0.5, 0.6) is 5.75 Å². The van der Waals surface area contributed by atoms with Gasteiger partial charge >= 0.3 is 0 Å². The van der Waals surface area contributed by atoms with Crippen LogP contribution in [-0.2, 0) is 0 Å². The van der Waals surface area contributed by atoms with Gasteiger partial charge in [0, 0.05) is 5.56 Å². The number of nitrogens with one attached hydrogen (secondary N) is 1. The summed E-state index contributed by atoms with van der Waals surface area (Å²) < 4.78 is 11.1. The molecule has 0 aliphatic rings. The summed E-state index contributed by atoms with van der Waals surface area (Å²) in [5, 5.41) is 3.22. The molecule has 0 radical (unpaired) electrons. The Balaban J connectivity index is 1.86. The lowest BCUT2D eigenvalue weighted by atomic mass is 10.0. The van der Waals surface area contributed by atoms with Gasteiger partial charge in [-0.15, -0.1) is 0 Å². The van der Waals surface area contributed by atoms with Crippen molar-refractivity contribution >= 4 is 22.8 Å². The van der Waals surface area contributed by atoms with Crippen molar-refractivity contribution in [3.05, 3.63) is 94.1 Å². The first kappa shape index (κ1) is 18.5. The summed E-state index contributed by atoms with van der Waals surface area (Å²) in [7, 11) is 1.54. The molecule has 0 aliphatic heterocycles. The van der Waals surface area contributed by atoms with E-state index in [1.165, 1.54) is 7.11 Å². The zero-order chi connectivity index (χ0) is 20.4. The van der Waals surface area contributed by atoms with E-state index in [-0.39, 0.29) is 11.3 Å². The molecule has 0 spiro atoms. The fourth-order valence-corrected chi connectivity index (χ4v) is 3.15. The standard InChI is InChI=1S/C24H19NO4/c1-15-10-12-16(13-11-15)21-22(26)19-8-3-4-9-20(19)29-24(21)25-23(27)17-6-5-7-18(14-17)28-2/h3-14H,1-2H3,(H,25,27). The van der Waals surface area contributed by atoms with Crippen molar-refractivity contribution in [2.45, 2.75) is 6.92 Å². The molecule has 4 rings (SSSR count). The van der Waals surface area contributed by atoms with E-state index in [9.17, 15) is 9.59 Å². The Kier molecular flexibility index (Phi) is 4.87. The third-order valence-electron chi connectivity index (χ3n) is 4.70. The molecule has 29 heavy (non-hydrogen) atoms. The third-order valence-corrected chi connectivity index (χ3v) is 4.70. The van der Waals surface area contributed by atoms with Gasteiger partial charge < -0.3 is 9.15 Å². The van der Waals surface area contributed by atoms with Gasteiger partial charge in [-0.05, 0) is 42.8 Å². The summed E-state index contributed by atoms with van der Waals surface area (Å²) in [6.07, 6.45) is 0. The molecule has 5 heteroatoms. The van der Waals surface area contributed by atoms with E-state index in [0.29, 0.717) is 33.4 Å². The summed E-state index contributed by atoms with van der Waals surface area (Å²) in [6.45, 7) is 1.97. The number of benzene rings is 3. The van der Waals surface area contributed by atoms with Gasteiger partial charge in [-0.1, -0.05) is 48.0 Å². The van der Waals surface area contributed by atoms with Crippen LogP contribution in [0.2, 0.25) is 0 Å². The molecular formula is C24H19NO4. The van der Waals surface area contributed by atoms with Crippen LogP contribution in [0.25, 0.3) is 22.1 Å². The monoisotopic (exact) mass is 385 g/mol. The number of carbonyl (C=O) groups excluding carboxylic acids is 1. The Morgan fingerprint density at radius 2 is 1.72 bits per heavy atom. The number of hydrogen-bond acceptors (Lipinski definition) is 4. The molecule has 4 aromatic rings. The van der Waals surface area contributed by atoms with Gasteiger partial charge in [0.05, 0.1) is 18.1 Å². The van der Waals surface area contributed by atoms with Gasteiger partial charge in [-0.2, -0.15) is 0 Å². The number of anilines is 1. The molecule has 0 unspecified atom stereocenters. The third kappa shape index (κ3) is 3.62. The first-order valence-electron chi connectivity index (χ1n) is 9.15. The number of carbonyl (C=O) groups is 1. The molecule has 0 saturated heterocycles. The van der Waals surface area contributed by atoms with E-state index in [4.69, 9.17) is 9.15 Å². The molecule has 0 aliphatic carbocycles. The highest BCUT2D eigenvalue weighted by molar-refractivity contribution is 6.06. The van der Waals surface area contributed by atoms with E-state index in [0.717, 1.165) is 5.56 Å². The lowest BCUT2D eigenvalue weighted by Crippen LogP contribution is -2.16.